The molecule has 1 atom stereocenters. The van der Waals surface area contributed by atoms with Gasteiger partial charge in [-0.25, -0.2) is 0 Å². The van der Waals surface area contributed by atoms with Crippen molar-refractivity contribution < 1.29 is 14.7 Å². The molecule has 0 radical (unpaired) electrons. The molecular weight excluding hydrogens is 302 g/mol. The number of carboxylic acid groups (broad SMARTS) is 1. The van der Waals surface area contributed by atoms with Gasteiger partial charge in [0, 0.05) is 13.5 Å². The SMILES string of the molecule is CCCCCCCCCCCC(CCCCCNC(C)=O)C(=O)O. The van der Waals surface area contributed by atoms with Crippen molar-refractivity contribution in [2.75, 3.05) is 6.54 Å². The molecule has 0 aliphatic carbocycles. The Kier molecular flexibility index (Phi) is 16.0. The Bertz CT molecular complexity index is 318. The van der Waals surface area contributed by atoms with Gasteiger partial charge >= 0.3 is 5.97 Å². The van der Waals surface area contributed by atoms with Gasteiger partial charge in [-0.15, -0.1) is 0 Å². The van der Waals surface area contributed by atoms with Gasteiger partial charge in [-0.1, -0.05) is 77.6 Å². The molecule has 24 heavy (non-hydrogen) atoms. The summed E-state index contributed by atoms with van der Waals surface area (Å²) in [5, 5.41) is 12.1. The number of carboxylic acids is 1. The predicted octanol–water partition coefficient (Wildman–Crippen LogP) is 5.30. The van der Waals surface area contributed by atoms with E-state index in [9.17, 15) is 14.7 Å². The fourth-order valence-electron chi connectivity index (χ4n) is 3.05. The highest BCUT2D eigenvalue weighted by atomic mass is 16.4. The molecule has 0 aromatic rings. The van der Waals surface area contributed by atoms with Crippen molar-refractivity contribution in [1.29, 1.82) is 0 Å². The number of rotatable bonds is 17. The second-order valence-electron chi connectivity index (χ2n) is 6.98. The molecule has 0 rings (SSSR count). The minimum absolute atomic E-state index is 0.00350. The van der Waals surface area contributed by atoms with Gasteiger partial charge < -0.3 is 10.4 Å². The zero-order chi connectivity index (χ0) is 18.0. The summed E-state index contributed by atoms with van der Waals surface area (Å²) < 4.78 is 0. The Morgan fingerprint density at radius 3 is 1.71 bits per heavy atom. The van der Waals surface area contributed by atoms with Crippen LogP contribution in [0.25, 0.3) is 0 Å². The van der Waals surface area contributed by atoms with E-state index in [0.29, 0.717) is 6.54 Å². The molecule has 0 aromatic carbocycles. The number of aliphatic carboxylic acids is 1. The van der Waals surface area contributed by atoms with Crippen LogP contribution in [0.4, 0.5) is 0 Å². The Morgan fingerprint density at radius 2 is 1.25 bits per heavy atom. The first kappa shape index (κ1) is 22.9. The molecule has 142 valence electrons. The van der Waals surface area contributed by atoms with E-state index in [4.69, 9.17) is 0 Å². The molecule has 4 heteroatoms. The van der Waals surface area contributed by atoms with Crippen molar-refractivity contribution in [3.8, 4) is 0 Å². The number of amides is 1. The van der Waals surface area contributed by atoms with E-state index in [1.165, 1.54) is 58.3 Å². The maximum atomic E-state index is 11.3. The number of carbonyl (C=O) groups excluding carboxylic acids is 1. The largest absolute Gasteiger partial charge is 0.481 e. The quantitative estimate of drug-likeness (QED) is 0.353. The highest BCUT2D eigenvalue weighted by molar-refractivity contribution is 5.72. The molecule has 0 saturated heterocycles. The fraction of sp³-hybridized carbons (Fsp3) is 0.900. The summed E-state index contributed by atoms with van der Waals surface area (Å²) in [5.74, 6) is -0.824. The van der Waals surface area contributed by atoms with Crippen LogP contribution in [0.1, 0.15) is 104 Å². The van der Waals surface area contributed by atoms with Gasteiger partial charge in [0.1, 0.15) is 0 Å². The zero-order valence-electron chi connectivity index (χ0n) is 15.9. The minimum Gasteiger partial charge on any atom is -0.481 e. The summed E-state index contributed by atoms with van der Waals surface area (Å²) in [6.45, 7) is 4.46. The molecule has 0 aliphatic heterocycles. The van der Waals surface area contributed by atoms with Crippen LogP contribution in [-0.2, 0) is 9.59 Å². The van der Waals surface area contributed by atoms with E-state index in [1.54, 1.807) is 0 Å². The third-order valence-electron chi connectivity index (χ3n) is 4.61. The van der Waals surface area contributed by atoms with Gasteiger partial charge in [0.15, 0.2) is 0 Å². The van der Waals surface area contributed by atoms with Crippen molar-refractivity contribution in [2.24, 2.45) is 5.92 Å². The van der Waals surface area contributed by atoms with E-state index < -0.39 is 5.97 Å². The molecule has 1 unspecified atom stereocenters. The molecule has 1 amide bonds. The lowest BCUT2D eigenvalue weighted by atomic mass is 9.94. The Balaban J connectivity index is 3.53. The van der Waals surface area contributed by atoms with Crippen molar-refractivity contribution in [3.63, 3.8) is 0 Å². The first-order valence-corrected chi connectivity index (χ1v) is 10.0. The molecule has 0 aromatic heterocycles. The number of hydrogen-bond acceptors (Lipinski definition) is 2. The maximum Gasteiger partial charge on any atom is 0.306 e. The van der Waals surface area contributed by atoms with Crippen LogP contribution in [0.3, 0.4) is 0 Å². The van der Waals surface area contributed by atoms with Crippen molar-refractivity contribution in [2.45, 2.75) is 104 Å². The summed E-state index contributed by atoms with van der Waals surface area (Å²) in [4.78, 5) is 22.1. The highest BCUT2D eigenvalue weighted by Crippen LogP contribution is 2.19. The van der Waals surface area contributed by atoms with Crippen LogP contribution < -0.4 is 5.32 Å². The smallest absolute Gasteiger partial charge is 0.306 e. The monoisotopic (exact) mass is 341 g/mol. The van der Waals surface area contributed by atoms with E-state index in [2.05, 4.69) is 12.2 Å². The van der Waals surface area contributed by atoms with Gasteiger partial charge in [0.05, 0.1) is 5.92 Å². The molecule has 2 N–H and O–H groups in total. The average molecular weight is 342 g/mol. The van der Waals surface area contributed by atoms with Gasteiger partial charge in [-0.3, -0.25) is 9.59 Å². The normalized spacial score (nSPS) is 12.1. The first-order chi connectivity index (χ1) is 11.6. The van der Waals surface area contributed by atoms with Crippen LogP contribution in [0.2, 0.25) is 0 Å². The topological polar surface area (TPSA) is 66.4 Å². The van der Waals surface area contributed by atoms with E-state index in [0.717, 1.165) is 38.5 Å². The Hall–Kier alpha value is -1.06. The first-order valence-electron chi connectivity index (χ1n) is 10.0. The molecule has 0 spiro atoms. The standard InChI is InChI=1S/C20H39NO3/c1-3-4-5-6-7-8-9-10-12-15-19(20(23)24)16-13-11-14-17-21-18(2)22/h19H,3-17H2,1-2H3,(H,21,22)(H,23,24). The van der Waals surface area contributed by atoms with Crippen molar-refractivity contribution in [1.82, 2.24) is 5.32 Å². The second kappa shape index (κ2) is 16.8. The van der Waals surface area contributed by atoms with Crippen LogP contribution in [0.5, 0.6) is 0 Å². The predicted molar refractivity (Wildman–Crippen MR) is 100 cm³/mol. The highest BCUT2D eigenvalue weighted by Gasteiger charge is 2.16. The lowest BCUT2D eigenvalue weighted by Crippen LogP contribution is -2.20. The summed E-state index contributed by atoms with van der Waals surface area (Å²) >= 11 is 0. The lowest BCUT2D eigenvalue weighted by molar-refractivity contribution is -0.142. The van der Waals surface area contributed by atoms with E-state index in [1.807, 2.05) is 0 Å². The average Bonchev–Trinajstić information content (AvgIpc) is 2.53. The summed E-state index contributed by atoms with van der Waals surface area (Å²) in [5.41, 5.74) is 0. The molecular formula is C20H39NO3. The molecule has 0 heterocycles. The van der Waals surface area contributed by atoms with Crippen LogP contribution >= 0.6 is 0 Å². The number of hydrogen-bond donors (Lipinski definition) is 2. The van der Waals surface area contributed by atoms with Crippen molar-refractivity contribution in [3.05, 3.63) is 0 Å². The third kappa shape index (κ3) is 15.8. The molecule has 0 bridgehead atoms. The van der Waals surface area contributed by atoms with Gasteiger partial charge in [-0.2, -0.15) is 0 Å². The molecule has 0 saturated carbocycles. The van der Waals surface area contributed by atoms with Crippen LogP contribution in [0, 0.1) is 5.92 Å². The summed E-state index contributed by atoms with van der Waals surface area (Å²) in [6, 6.07) is 0. The Morgan fingerprint density at radius 1 is 0.792 bits per heavy atom. The number of nitrogens with one attached hydrogen (secondary N) is 1. The summed E-state index contributed by atoms with van der Waals surface area (Å²) in [7, 11) is 0. The molecule has 0 aliphatic rings. The molecule has 4 nitrogen and oxygen atoms in total. The van der Waals surface area contributed by atoms with Gasteiger partial charge in [0.2, 0.25) is 5.91 Å². The third-order valence-corrected chi connectivity index (χ3v) is 4.61. The van der Waals surface area contributed by atoms with Gasteiger partial charge in [0.25, 0.3) is 0 Å². The van der Waals surface area contributed by atoms with Gasteiger partial charge in [-0.05, 0) is 19.3 Å². The number of carbonyl (C=O) groups is 2. The second-order valence-corrected chi connectivity index (χ2v) is 6.98. The zero-order valence-corrected chi connectivity index (χ0v) is 15.9. The lowest BCUT2D eigenvalue weighted by Gasteiger charge is -2.12. The van der Waals surface area contributed by atoms with E-state index in [-0.39, 0.29) is 11.8 Å². The van der Waals surface area contributed by atoms with Crippen molar-refractivity contribution >= 4 is 11.9 Å². The maximum absolute atomic E-state index is 11.3. The molecule has 0 fully saturated rings. The van der Waals surface area contributed by atoms with E-state index >= 15 is 0 Å². The Labute approximate surface area is 148 Å². The number of unbranched alkanes of at least 4 members (excludes halogenated alkanes) is 10. The van der Waals surface area contributed by atoms with Crippen LogP contribution in [-0.4, -0.2) is 23.5 Å². The fourth-order valence-corrected chi connectivity index (χ4v) is 3.05. The minimum atomic E-state index is -0.642. The van der Waals surface area contributed by atoms with Crippen LogP contribution in [0.15, 0.2) is 0 Å². The summed E-state index contributed by atoms with van der Waals surface area (Å²) in [6.07, 6.45) is 15.9.